The molecule has 19 heavy (non-hydrogen) atoms. The molecule has 3 N–H and O–H groups in total. The van der Waals surface area contributed by atoms with E-state index in [9.17, 15) is 0 Å². The van der Waals surface area contributed by atoms with Crippen molar-refractivity contribution >= 4 is 17.2 Å². The number of hydrogen-bond acceptors (Lipinski definition) is 3. The standard InChI is InChI=1S/C15H17N3O/c1-11-4-3-5-14(10-11)18(2)13-8-6-12(7-9-13)15(16)17-19/h3-10,19H,1-2H3,(H2,16,17). The molecular weight excluding hydrogens is 238 g/mol. The Balaban J connectivity index is 2.27. The number of aryl methyl sites for hydroxylation is 1. The van der Waals surface area contributed by atoms with E-state index in [0.29, 0.717) is 5.56 Å². The zero-order valence-electron chi connectivity index (χ0n) is 11.0. The van der Waals surface area contributed by atoms with E-state index in [-0.39, 0.29) is 5.84 Å². The van der Waals surface area contributed by atoms with Crippen LogP contribution in [0.1, 0.15) is 11.1 Å². The highest BCUT2D eigenvalue weighted by atomic mass is 16.4. The molecule has 0 saturated carbocycles. The first-order chi connectivity index (χ1) is 9.11. The van der Waals surface area contributed by atoms with Gasteiger partial charge in [-0.15, -0.1) is 0 Å². The topological polar surface area (TPSA) is 61.8 Å². The van der Waals surface area contributed by atoms with E-state index >= 15 is 0 Å². The van der Waals surface area contributed by atoms with Crippen molar-refractivity contribution in [1.82, 2.24) is 0 Å². The van der Waals surface area contributed by atoms with Gasteiger partial charge in [0.05, 0.1) is 0 Å². The van der Waals surface area contributed by atoms with Crippen molar-refractivity contribution in [2.75, 3.05) is 11.9 Å². The summed E-state index contributed by atoms with van der Waals surface area (Å²) in [5, 5.41) is 11.6. The van der Waals surface area contributed by atoms with Gasteiger partial charge in [-0.1, -0.05) is 17.3 Å². The summed E-state index contributed by atoms with van der Waals surface area (Å²) in [4.78, 5) is 2.09. The lowest BCUT2D eigenvalue weighted by Gasteiger charge is -2.20. The Morgan fingerprint density at radius 1 is 1.11 bits per heavy atom. The Morgan fingerprint density at radius 3 is 2.37 bits per heavy atom. The summed E-state index contributed by atoms with van der Waals surface area (Å²) >= 11 is 0. The lowest BCUT2D eigenvalue weighted by atomic mass is 10.1. The molecule has 0 spiro atoms. The normalized spacial score (nSPS) is 11.4. The van der Waals surface area contributed by atoms with E-state index < -0.39 is 0 Å². The van der Waals surface area contributed by atoms with Crippen LogP contribution in [0.5, 0.6) is 0 Å². The van der Waals surface area contributed by atoms with Gasteiger partial charge in [-0.05, 0) is 48.9 Å². The fourth-order valence-electron chi connectivity index (χ4n) is 1.90. The minimum atomic E-state index is 0.116. The molecule has 0 aliphatic heterocycles. The monoisotopic (exact) mass is 255 g/mol. The van der Waals surface area contributed by atoms with Gasteiger partial charge < -0.3 is 15.8 Å². The number of rotatable bonds is 3. The Bertz CT molecular complexity index is 591. The van der Waals surface area contributed by atoms with Crippen molar-refractivity contribution in [3.8, 4) is 0 Å². The smallest absolute Gasteiger partial charge is 0.170 e. The molecule has 0 amide bonds. The molecule has 98 valence electrons. The molecule has 2 aromatic carbocycles. The summed E-state index contributed by atoms with van der Waals surface area (Å²) in [5.41, 5.74) is 9.62. The molecule has 0 radical (unpaired) electrons. The molecule has 0 aliphatic rings. The maximum Gasteiger partial charge on any atom is 0.170 e. The highest BCUT2D eigenvalue weighted by Gasteiger charge is 2.05. The summed E-state index contributed by atoms with van der Waals surface area (Å²) in [5.74, 6) is 0.116. The molecule has 4 nitrogen and oxygen atoms in total. The molecule has 0 atom stereocenters. The van der Waals surface area contributed by atoms with Crippen molar-refractivity contribution in [3.05, 3.63) is 59.7 Å². The summed E-state index contributed by atoms with van der Waals surface area (Å²) in [7, 11) is 2.01. The van der Waals surface area contributed by atoms with E-state index in [0.717, 1.165) is 11.4 Å². The summed E-state index contributed by atoms with van der Waals surface area (Å²) < 4.78 is 0. The second-order valence-electron chi connectivity index (χ2n) is 4.43. The van der Waals surface area contributed by atoms with E-state index in [4.69, 9.17) is 10.9 Å². The molecule has 0 fully saturated rings. The summed E-state index contributed by atoms with van der Waals surface area (Å²) in [6.07, 6.45) is 0. The van der Waals surface area contributed by atoms with E-state index in [1.807, 2.05) is 37.4 Å². The number of oxime groups is 1. The highest BCUT2D eigenvalue weighted by molar-refractivity contribution is 5.97. The lowest BCUT2D eigenvalue weighted by Crippen LogP contribution is -2.14. The van der Waals surface area contributed by atoms with Crippen LogP contribution >= 0.6 is 0 Å². The van der Waals surface area contributed by atoms with Crippen LogP contribution in [0.3, 0.4) is 0 Å². The van der Waals surface area contributed by atoms with Crippen molar-refractivity contribution in [2.24, 2.45) is 10.9 Å². The van der Waals surface area contributed by atoms with Crippen LogP contribution in [0.4, 0.5) is 11.4 Å². The van der Waals surface area contributed by atoms with Crippen LogP contribution in [-0.2, 0) is 0 Å². The number of benzene rings is 2. The third-order valence-electron chi connectivity index (χ3n) is 3.05. The quantitative estimate of drug-likeness (QED) is 0.384. The van der Waals surface area contributed by atoms with Crippen LogP contribution in [0.15, 0.2) is 53.7 Å². The van der Waals surface area contributed by atoms with Crippen molar-refractivity contribution in [3.63, 3.8) is 0 Å². The minimum Gasteiger partial charge on any atom is -0.409 e. The van der Waals surface area contributed by atoms with E-state index in [1.165, 1.54) is 5.56 Å². The van der Waals surface area contributed by atoms with Crippen LogP contribution in [0.25, 0.3) is 0 Å². The number of hydrogen-bond donors (Lipinski definition) is 2. The van der Waals surface area contributed by atoms with Crippen LogP contribution in [0, 0.1) is 6.92 Å². The van der Waals surface area contributed by atoms with E-state index in [2.05, 4.69) is 35.2 Å². The van der Waals surface area contributed by atoms with Gasteiger partial charge in [-0.25, -0.2) is 0 Å². The molecule has 0 aliphatic carbocycles. The first-order valence-corrected chi connectivity index (χ1v) is 6.00. The van der Waals surface area contributed by atoms with Gasteiger partial charge in [0.2, 0.25) is 0 Å². The predicted molar refractivity (Wildman–Crippen MR) is 78.2 cm³/mol. The zero-order chi connectivity index (χ0) is 13.8. The molecule has 2 aromatic rings. The third kappa shape index (κ3) is 2.85. The Labute approximate surface area is 112 Å². The van der Waals surface area contributed by atoms with Gasteiger partial charge in [0.25, 0.3) is 0 Å². The number of nitrogens with two attached hydrogens (primary N) is 1. The summed E-state index contributed by atoms with van der Waals surface area (Å²) in [6, 6.07) is 15.8. The molecule has 0 saturated heterocycles. The van der Waals surface area contributed by atoms with Crippen molar-refractivity contribution in [1.29, 1.82) is 0 Å². The average Bonchev–Trinajstić information content (AvgIpc) is 2.46. The average molecular weight is 255 g/mol. The maximum atomic E-state index is 8.63. The number of amidine groups is 1. The molecule has 4 heteroatoms. The zero-order valence-corrected chi connectivity index (χ0v) is 11.0. The first kappa shape index (κ1) is 13.0. The number of nitrogens with zero attached hydrogens (tertiary/aromatic N) is 2. The second kappa shape index (κ2) is 5.44. The Morgan fingerprint density at radius 2 is 1.79 bits per heavy atom. The molecular formula is C15H17N3O. The predicted octanol–water partition coefficient (Wildman–Crippen LogP) is 2.86. The largest absolute Gasteiger partial charge is 0.409 e. The van der Waals surface area contributed by atoms with Gasteiger partial charge in [-0.2, -0.15) is 0 Å². The SMILES string of the molecule is Cc1cccc(N(C)c2ccc(C(N)=NO)cc2)c1. The van der Waals surface area contributed by atoms with Gasteiger partial charge in [0.1, 0.15) is 0 Å². The second-order valence-corrected chi connectivity index (χ2v) is 4.43. The molecule has 2 rings (SSSR count). The first-order valence-electron chi connectivity index (χ1n) is 6.00. The highest BCUT2D eigenvalue weighted by Crippen LogP contribution is 2.24. The molecule has 0 unspecified atom stereocenters. The van der Waals surface area contributed by atoms with Gasteiger partial charge >= 0.3 is 0 Å². The Hall–Kier alpha value is -2.49. The van der Waals surface area contributed by atoms with Crippen molar-refractivity contribution in [2.45, 2.75) is 6.92 Å². The van der Waals surface area contributed by atoms with Gasteiger partial charge in [-0.3, -0.25) is 0 Å². The third-order valence-corrected chi connectivity index (χ3v) is 3.05. The van der Waals surface area contributed by atoms with E-state index in [1.54, 1.807) is 0 Å². The molecule has 0 heterocycles. The molecule has 0 bridgehead atoms. The fraction of sp³-hybridized carbons (Fsp3) is 0.133. The maximum absolute atomic E-state index is 8.63. The van der Waals surface area contributed by atoms with Gasteiger partial charge in [0, 0.05) is 24.0 Å². The Kier molecular flexibility index (Phi) is 3.71. The van der Waals surface area contributed by atoms with Crippen molar-refractivity contribution < 1.29 is 5.21 Å². The lowest BCUT2D eigenvalue weighted by molar-refractivity contribution is 0.318. The van der Waals surface area contributed by atoms with Crippen LogP contribution in [0.2, 0.25) is 0 Å². The minimum absolute atomic E-state index is 0.116. The molecule has 0 aromatic heterocycles. The number of anilines is 2. The van der Waals surface area contributed by atoms with Crippen LogP contribution < -0.4 is 10.6 Å². The van der Waals surface area contributed by atoms with Crippen LogP contribution in [-0.4, -0.2) is 18.1 Å². The van der Waals surface area contributed by atoms with Gasteiger partial charge in [0.15, 0.2) is 5.84 Å². The summed E-state index contributed by atoms with van der Waals surface area (Å²) in [6.45, 7) is 2.07. The fourth-order valence-corrected chi connectivity index (χ4v) is 1.90.